The van der Waals surface area contributed by atoms with Gasteiger partial charge in [0, 0.05) is 25.7 Å². The Kier molecular flexibility index (Phi) is 11.5. The van der Waals surface area contributed by atoms with E-state index >= 15 is 0 Å². The van der Waals surface area contributed by atoms with Gasteiger partial charge in [-0.1, -0.05) is 51.8 Å². The predicted molar refractivity (Wildman–Crippen MR) is 143 cm³/mol. The third-order valence-corrected chi connectivity index (χ3v) is 7.78. The van der Waals surface area contributed by atoms with Crippen LogP contribution in [0, 0.1) is 36.0 Å². The van der Waals surface area contributed by atoms with Crippen molar-refractivity contribution < 1.29 is 47.5 Å². The number of esters is 3. The lowest BCUT2D eigenvalue weighted by atomic mass is 9.83. The summed E-state index contributed by atoms with van der Waals surface area (Å²) in [7, 11) is 0. The minimum Gasteiger partial charge on any atom is -0.463 e. The van der Waals surface area contributed by atoms with Gasteiger partial charge in [0.05, 0.1) is 24.4 Å². The zero-order valence-electron chi connectivity index (χ0n) is 23.9. The van der Waals surface area contributed by atoms with E-state index in [9.17, 15) is 14.4 Å². The summed E-state index contributed by atoms with van der Waals surface area (Å²) in [5, 5.41) is 0. The molecule has 1 aromatic carbocycles. The van der Waals surface area contributed by atoms with Crippen LogP contribution in [0.3, 0.4) is 0 Å². The summed E-state index contributed by atoms with van der Waals surface area (Å²) in [6.07, 6.45) is 1.27. The first-order chi connectivity index (χ1) is 19.0. The fourth-order valence-electron chi connectivity index (χ4n) is 4.97. The van der Waals surface area contributed by atoms with Crippen LogP contribution in [0.1, 0.15) is 51.9 Å². The number of ether oxygens (including phenoxy) is 7. The second-order valence-corrected chi connectivity index (χ2v) is 10.5. The van der Waals surface area contributed by atoms with Crippen LogP contribution in [0.2, 0.25) is 0 Å². The summed E-state index contributed by atoms with van der Waals surface area (Å²) in [4.78, 5) is 36.1. The van der Waals surface area contributed by atoms with E-state index in [-0.39, 0.29) is 43.5 Å². The molecule has 0 spiro atoms. The third-order valence-electron chi connectivity index (χ3n) is 7.78. The Balaban J connectivity index is 1.73. The standard InChI is InChI=1S/C30H40O10/c1-8-14-34-29-27(40-28(33)23-12-10-9-11-13-23)20(5)18(3)25(38-29)16-36-30-26(37-22(7)32)19(4)17(2)24(39-30)15-35-21(6)31/h1,9-13,17-20,24-27,29-30H,14-16H2,2-7H3. The molecule has 10 atom stereocenters. The van der Waals surface area contributed by atoms with Gasteiger partial charge in [0.1, 0.15) is 13.2 Å². The fraction of sp³-hybridized carbons (Fsp3) is 0.633. The molecule has 0 aliphatic carbocycles. The van der Waals surface area contributed by atoms with Gasteiger partial charge < -0.3 is 33.2 Å². The average molecular weight is 561 g/mol. The van der Waals surface area contributed by atoms with Crippen LogP contribution in [0.25, 0.3) is 0 Å². The van der Waals surface area contributed by atoms with Gasteiger partial charge >= 0.3 is 17.9 Å². The van der Waals surface area contributed by atoms with Crippen LogP contribution in [0.15, 0.2) is 30.3 Å². The van der Waals surface area contributed by atoms with Crippen molar-refractivity contribution in [3.8, 4) is 12.3 Å². The van der Waals surface area contributed by atoms with Gasteiger partial charge in [-0.25, -0.2) is 4.79 Å². The zero-order valence-corrected chi connectivity index (χ0v) is 23.9. The molecule has 0 aromatic heterocycles. The molecule has 3 rings (SSSR count). The number of hydrogen-bond acceptors (Lipinski definition) is 10. The highest BCUT2D eigenvalue weighted by Gasteiger charge is 2.47. The molecule has 2 heterocycles. The first kappa shape index (κ1) is 31.6. The molecule has 0 N–H and O–H groups in total. The van der Waals surface area contributed by atoms with E-state index < -0.39 is 54.9 Å². The van der Waals surface area contributed by atoms with E-state index in [0.717, 1.165) is 0 Å². The second kappa shape index (κ2) is 14.6. The molecule has 10 unspecified atom stereocenters. The molecule has 2 aliphatic heterocycles. The van der Waals surface area contributed by atoms with Crippen molar-refractivity contribution in [1.29, 1.82) is 0 Å². The SMILES string of the molecule is C#CCOC1OC(COC2OC(COC(C)=O)C(C)C(C)C2OC(C)=O)C(C)C(C)C1OC(=O)c1ccccc1. The van der Waals surface area contributed by atoms with Gasteiger partial charge in [0.2, 0.25) is 0 Å². The smallest absolute Gasteiger partial charge is 0.338 e. The number of benzene rings is 1. The van der Waals surface area contributed by atoms with Gasteiger partial charge in [-0.15, -0.1) is 6.42 Å². The van der Waals surface area contributed by atoms with Gasteiger partial charge in [-0.2, -0.15) is 0 Å². The van der Waals surface area contributed by atoms with E-state index in [1.54, 1.807) is 24.3 Å². The predicted octanol–water partition coefficient (Wildman–Crippen LogP) is 3.37. The molecule has 0 amide bonds. The molecule has 220 valence electrons. The Morgan fingerprint density at radius 1 is 0.775 bits per heavy atom. The molecule has 10 nitrogen and oxygen atoms in total. The maximum atomic E-state index is 12.8. The van der Waals surface area contributed by atoms with Crippen molar-refractivity contribution in [3.63, 3.8) is 0 Å². The lowest BCUT2D eigenvalue weighted by Crippen LogP contribution is -2.56. The summed E-state index contributed by atoms with van der Waals surface area (Å²) >= 11 is 0. The summed E-state index contributed by atoms with van der Waals surface area (Å²) in [5.41, 5.74) is 0.418. The number of terminal acetylenes is 1. The van der Waals surface area contributed by atoms with Gasteiger partial charge in [-0.05, 0) is 24.0 Å². The first-order valence-corrected chi connectivity index (χ1v) is 13.6. The molecule has 0 bridgehead atoms. The topological polar surface area (TPSA) is 116 Å². The van der Waals surface area contributed by atoms with Crippen LogP contribution in [0.4, 0.5) is 0 Å². The maximum Gasteiger partial charge on any atom is 0.338 e. The molecular formula is C30H40O10. The van der Waals surface area contributed by atoms with E-state index in [0.29, 0.717) is 5.56 Å². The van der Waals surface area contributed by atoms with Crippen LogP contribution in [0.5, 0.6) is 0 Å². The third kappa shape index (κ3) is 8.04. The number of carbonyl (C=O) groups is 3. The largest absolute Gasteiger partial charge is 0.463 e. The van der Waals surface area contributed by atoms with Crippen LogP contribution >= 0.6 is 0 Å². The molecule has 2 saturated heterocycles. The molecule has 0 saturated carbocycles. The highest BCUT2D eigenvalue weighted by molar-refractivity contribution is 5.89. The first-order valence-electron chi connectivity index (χ1n) is 13.6. The lowest BCUT2D eigenvalue weighted by Gasteiger charge is -2.46. The van der Waals surface area contributed by atoms with E-state index in [4.69, 9.17) is 39.6 Å². The summed E-state index contributed by atoms with van der Waals surface area (Å²) in [5.74, 6) is 0.555. The Hall–Kier alpha value is -2.97. The molecule has 2 aliphatic rings. The van der Waals surface area contributed by atoms with Crippen molar-refractivity contribution in [2.45, 2.75) is 78.5 Å². The summed E-state index contributed by atoms with van der Waals surface area (Å²) in [6, 6.07) is 8.68. The highest BCUT2D eigenvalue weighted by atomic mass is 16.7. The molecule has 2 fully saturated rings. The second-order valence-electron chi connectivity index (χ2n) is 10.5. The average Bonchev–Trinajstić information content (AvgIpc) is 2.93. The Labute approximate surface area is 235 Å². The van der Waals surface area contributed by atoms with E-state index in [2.05, 4.69) is 5.92 Å². The summed E-state index contributed by atoms with van der Waals surface area (Å²) < 4.78 is 40.9. The minimum atomic E-state index is -0.921. The Morgan fingerprint density at radius 3 is 1.88 bits per heavy atom. The molecule has 40 heavy (non-hydrogen) atoms. The number of carbonyl (C=O) groups excluding carboxylic acids is 3. The highest BCUT2D eigenvalue weighted by Crippen LogP contribution is 2.37. The van der Waals surface area contributed by atoms with E-state index in [1.165, 1.54) is 13.8 Å². The maximum absolute atomic E-state index is 12.8. The lowest BCUT2D eigenvalue weighted by molar-refractivity contribution is -0.308. The van der Waals surface area contributed by atoms with Gasteiger partial charge in [0.25, 0.3) is 0 Å². The van der Waals surface area contributed by atoms with Gasteiger partial charge in [0.15, 0.2) is 24.8 Å². The van der Waals surface area contributed by atoms with Crippen molar-refractivity contribution in [3.05, 3.63) is 35.9 Å². The van der Waals surface area contributed by atoms with E-state index in [1.807, 2.05) is 33.8 Å². The fourth-order valence-corrected chi connectivity index (χ4v) is 4.97. The zero-order chi connectivity index (χ0) is 29.4. The molecule has 10 heteroatoms. The monoisotopic (exact) mass is 560 g/mol. The Morgan fingerprint density at radius 2 is 1.32 bits per heavy atom. The molecular weight excluding hydrogens is 520 g/mol. The number of hydrogen-bond donors (Lipinski definition) is 0. The van der Waals surface area contributed by atoms with Crippen LogP contribution in [-0.2, 0) is 42.7 Å². The summed E-state index contributed by atoms with van der Waals surface area (Å²) in [6.45, 7) is 10.6. The Bertz CT molecular complexity index is 1030. The van der Waals surface area contributed by atoms with Crippen molar-refractivity contribution in [2.75, 3.05) is 19.8 Å². The van der Waals surface area contributed by atoms with Gasteiger partial charge in [-0.3, -0.25) is 9.59 Å². The van der Waals surface area contributed by atoms with Crippen LogP contribution in [-0.4, -0.2) is 74.7 Å². The molecule has 0 radical (unpaired) electrons. The van der Waals surface area contributed by atoms with Crippen LogP contribution < -0.4 is 0 Å². The molecule has 1 aromatic rings. The minimum absolute atomic E-state index is 0.0355. The van der Waals surface area contributed by atoms with Crippen molar-refractivity contribution in [2.24, 2.45) is 23.7 Å². The number of rotatable bonds is 10. The van der Waals surface area contributed by atoms with Crippen molar-refractivity contribution >= 4 is 17.9 Å². The quantitative estimate of drug-likeness (QED) is 0.240. The van der Waals surface area contributed by atoms with Crippen molar-refractivity contribution in [1.82, 2.24) is 0 Å². The normalized spacial score (nSPS) is 33.8.